The molecule has 4 N–H and O–H groups in total. The lowest BCUT2D eigenvalue weighted by Gasteiger charge is -2.33. The highest BCUT2D eigenvalue weighted by Crippen LogP contribution is 2.40. The number of pyridine rings is 1. The molecule has 0 saturated heterocycles. The van der Waals surface area contributed by atoms with Crippen LogP contribution in [0.1, 0.15) is 18.4 Å². The molecule has 0 radical (unpaired) electrons. The Balaban J connectivity index is 1.78. The monoisotopic (exact) mass is 398 g/mol. The number of methoxy groups -OCH3 is 3. The van der Waals surface area contributed by atoms with Crippen molar-refractivity contribution in [1.29, 1.82) is 0 Å². The molecule has 8 heteroatoms. The number of carbonyl (C=O) groups is 1. The first kappa shape index (κ1) is 20.5. The van der Waals surface area contributed by atoms with Gasteiger partial charge in [-0.1, -0.05) is 0 Å². The lowest BCUT2D eigenvalue weighted by molar-refractivity contribution is -0.117. The highest BCUT2D eigenvalue weighted by atomic mass is 16.5. The number of nitrogens with one attached hydrogen (secondary N) is 2. The second-order valence-electron chi connectivity index (χ2n) is 6.67. The standard InChI is InChI=1S/C21H26N4O4/c1-27-17-11-14(12-18(28-2)20(17)29-3)24-21-13(5-4-10-23-21)6-9-19(26)25-16-8-7-15(16)22/h4-6,9-12,15-16H,7-8,22H2,1-3H3,(H,23,24)(H,25,26)/b9-6+. The maximum Gasteiger partial charge on any atom is 0.244 e. The zero-order valence-corrected chi connectivity index (χ0v) is 16.8. The third kappa shape index (κ3) is 4.78. The van der Waals surface area contributed by atoms with Crippen molar-refractivity contribution in [3.05, 3.63) is 42.1 Å². The van der Waals surface area contributed by atoms with Gasteiger partial charge in [0.15, 0.2) is 11.5 Å². The number of amides is 1. The predicted octanol–water partition coefficient (Wildman–Crippen LogP) is 2.47. The van der Waals surface area contributed by atoms with Crippen LogP contribution in [-0.4, -0.2) is 44.3 Å². The molecule has 0 aliphatic heterocycles. The first-order valence-corrected chi connectivity index (χ1v) is 9.32. The zero-order valence-electron chi connectivity index (χ0n) is 16.8. The van der Waals surface area contributed by atoms with Crippen LogP contribution in [0.4, 0.5) is 11.5 Å². The van der Waals surface area contributed by atoms with E-state index in [-0.39, 0.29) is 18.0 Å². The normalized spacial score (nSPS) is 18.1. The van der Waals surface area contributed by atoms with E-state index in [1.54, 1.807) is 51.8 Å². The van der Waals surface area contributed by atoms with E-state index < -0.39 is 0 Å². The molecule has 1 heterocycles. The van der Waals surface area contributed by atoms with Gasteiger partial charge in [-0.2, -0.15) is 0 Å². The number of rotatable bonds is 8. The maximum atomic E-state index is 12.1. The number of benzene rings is 1. The largest absolute Gasteiger partial charge is 0.493 e. The average molecular weight is 398 g/mol. The van der Waals surface area contributed by atoms with E-state index in [4.69, 9.17) is 19.9 Å². The van der Waals surface area contributed by atoms with Gasteiger partial charge in [-0.25, -0.2) is 4.98 Å². The molecule has 0 bridgehead atoms. The van der Waals surface area contributed by atoms with Gasteiger partial charge in [0, 0.05) is 47.7 Å². The number of hydrogen-bond donors (Lipinski definition) is 3. The van der Waals surface area contributed by atoms with Crippen molar-refractivity contribution in [3.8, 4) is 17.2 Å². The summed E-state index contributed by atoms with van der Waals surface area (Å²) in [6, 6.07) is 7.34. The highest BCUT2D eigenvalue weighted by molar-refractivity contribution is 5.93. The number of carbonyl (C=O) groups excluding carboxylic acids is 1. The van der Waals surface area contributed by atoms with E-state index in [2.05, 4.69) is 15.6 Å². The second kappa shape index (κ2) is 9.29. The van der Waals surface area contributed by atoms with Gasteiger partial charge in [0.05, 0.1) is 21.3 Å². The van der Waals surface area contributed by atoms with Gasteiger partial charge in [-0.05, 0) is 31.1 Å². The molecule has 2 unspecified atom stereocenters. The number of ether oxygens (including phenoxy) is 3. The molecular weight excluding hydrogens is 372 g/mol. The van der Waals surface area contributed by atoms with E-state index in [0.29, 0.717) is 28.8 Å². The minimum absolute atomic E-state index is 0.0444. The number of nitrogens with two attached hydrogens (primary N) is 1. The predicted molar refractivity (Wildman–Crippen MR) is 112 cm³/mol. The summed E-state index contributed by atoms with van der Waals surface area (Å²) in [7, 11) is 4.67. The third-order valence-electron chi connectivity index (χ3n) is 4.84. The Hall–Kier alpha value is -3.26. The first-order chi connectivity index (χ1) is 14.0. The summed E-state index contributed by atoms with van der Waals surface area (Å²) in [5.41, 5.74) is 7.33. The van der Waals surface area contributed by atoms with E-state index in [1.165, 1.54) is 6.08 Å². The van der Waals surface area contributed by atoms with Crippen LogP contribution in [0.2, 0.25) is 0 Å². The Labute approximate surface area is 170 Å². The van der Waals surface area contributed by atoms with Crippen LogP contribution >= 0.6 is 0 Å². The Morgan fingerprint density at radius 1 is 1.17 bits per heavy atom. The molecular formula is C21H26N4O4. The summed E-state index contributed by atoms with van der Waals surface area (Å²) >= 11 is 0. The molecule has 1 aromatic carbocycles. The third-order valence-corrected chi connectivity index (χ3v) is 4.84. The van der Waals surface area contributed by atoms with Gasteiger partial charge in [0.1, 0.15) is 5.82 Å². The molecule has 1 fully saturated rings. The van der Waals surface area contributed by atoms with Gasteiger partial charge >= 0.3 is 0 Å². The molecule has 1 aromatic heterocycles. The van der Waals surface area contributed by atoms with Gasteiger partial charge in [-0.3, -0.25) is 4.79 Å². The molecule has 1 aliphatic carbocycles. The molecule has 1 saturated carbocycles. The van der Waals surface area contributed by atoms with Crippen molar-refractivity contribution in [2.24, 2.45) is 5.73 Å². The summed E-state index contributed by atoms with van der Waals surface area (Å²) in [5, 5.41) is 6.15. The molecule has 154 valence electrons. The zero-order chi connectivity index (χ0) is 20.8. The number of nitrogens with zero attached hydrogens (tertiary/aromatic N) is 1. The fraction of sp³-hybridized carbons (Fsp3) is 0.333. The molecule has 2 aromatic rings. The highest BCUT2D eigenvalue weighted by Gasteiger charge is 2.27. The molecule has 1 amide bonds. The molecule has 3 rings (SSSR count). The van der Waals surface area contributed by atoms with Gasteiger partial charge in [0.25, 0.3) is 0 Å². The summed E-state index contributed by atoms with van der Waals surface area (Å²) in [4.78, 5) is 16.5. The van der Waals surface area contributed by atoms with Crippen molar-refractivity contribution >= 4 is 23.5 Å². The topological polar surface area (TPSA) is 108 Å². The second-order valence-corrected chi connectivity index (χ2v) is 6.67. The van der Waals surface area contributed by atoms with Crippen LogP contribution in [-0.2, 0) is 4.79 Å². The van der Waals surface area contributed by atoms with Crippen molar-refractivity contribution < 1.29 is 19.0 Å². The van der Waals surface area contributed by atoms with Gasteiger partial charge < -0.3 is 30.6 Å². The molecule has 29 heavy (non-hydrogen) atoms. The quantitative estimate of drug-likeness (QED) is 0.586. The van der Waals surface area contributed by atoms with E-state index in [9.17, 15) is 4.79 Å². The van der Waals surface area contributed by atoms with Crippen LogP contribution < -0.4 is 30.6 Å². The lowest BCUT2D eigenvalue weighted by Crippen LogP contribution is -2.54. The Kier molecular flexibility index (Phi) is 6.56. The minimum atomic E-state index is -0.173. The van der Waals surface area contributed by atoms with Crippen LogP contribution in [0, 0.1) is 0 Å². The lowest BCUT2D eigenvalue weighted by atomic mass is 9.87. The van der Waals surface area contributed by atoms with E-state index in [1.807, 2.05) is 6.07 Å². The van der Waals surface area contributed by atoms with Crippen molar-refractivity contribution in [2.45, 2.75) is 24.9 Å². The smallest absolute Gasteiger partial charge is 0.244 e. The van der Waals surface area contributed by atoms with Crippen LogP contribution in [0.25, 0.3) is 6.08 Å². The van der Waals surface area contributed by atoms with Crippen molar-refractivity contribution in [1.82, 2.24) is 10.3 Å². The first-order valence-electron chi connectivity index (χ1n) is 9.32. The number of aromatic nitrogens is 1. The number of anilines is 2. The fourth-order valence-electron chi connectivity index (χ4n) is 3.05. The summed E-state index contributed by atoms with van der Waals surface area (Å²) < 4.78 is 16.1. The van der Waals surface area contributed by atoms with Crippen LogP contribution in [0.3, 0.4) is 0 Å². The molecule has 8 nitrogen and oxygen atoms in total. The van der Waals surface area contributed by atoms with Crippen LogP contribution in [0.15, 0.2) is 36.5 Å². The molecule has 0 spiro atoms. The van der Waals surface area contributed by atoms with E-state index in [0.717, 1.165) is 18.4 Å². The Bertz CT molecular complexity index is 875. The Morgan fingerprint density at radius 2 is 1.90 bits per heavy atom. The van der Waals surface area contributed by atoms with Crippen molar-refractivity contribution in [2.75, 3.05) is 26.6 Å². The molecule has 1 aliphatic rings. The SMILES string of the molecule is COc1cc(Nc2ncccc2/C=C/C(=O)NC2CCC2N)cc(OC)c1OC. The number of hydrogen-bond acceptors (Lipinski definition) is 7. The minimum Gasteiger partial charge on any atom is -0.493 e. The maximum absolute atomic E-state index is 12.1. The molecule has 2 atom stereocenters. The summed E-state index contributed by atoms with van der Waals surface area (Å²) in [6.07, 6.45) is 6.74. The average Bonchev–Trinajstić information content (AvgIpc) is 2.74. The summed E-state index contributed by atoms with van der Waals surface area (Å²) in [6.45, 7) is 0. The van der Waals surface area contributed by atoms with Crippen molar-refractivity contribution in [3.63, 3.8) is 0 Å². The van der Waals surface area contributed by atoms with Gasteiger partial charge in [0.2, 0.25) is 11.7 Å². The Morgan fingerprint density at radius 3 is 2.45 bits per heavy atom. The summed E-state index contributed by atoms with van der Waals surface area (Å²) in [5.74, 6) is 1.98. The fourth-order valence-corrected chi connectivity index (χ4v) is 3.05. The van der Waals surface area contributed by atoms with Crippen LogP contribution in [0.5, 0.6) is 17.2 Å². The van der Waals surface area contributed by atoms with E-state index >= 15 is 0 Å². The van der Waals surface area contributed by atoms with Gasteiger partial charge in [-0.15, -0.1) is 0 Å².